The number of carboxylic acid groups (broad SMARTS) is 1. The van der Waals surface area contributed by atoms with Crippen LogP contribution in [0.5, 0.6) is 5.75 Å². The summed E-state index contributed by atoms with van der Waals surface area (Å²) >= 11 is 0. The Morgan fingerprint density at radius 3 is 2.19 bits per heavy atom. The monoisotopic (exact) mass is 442 g/mol. The molecule has 0 radical (unpaired) electrons. The van der Waals surface area contributed by atoms with Crippen molar-refractivity contribution < 1.29 is 28.6 Å². The van der Waals surface area contributed by atoms with Gasteiger partial charge in [-0.25, -0.2) is 4.39 Å². The summed E-state index contributed by atoms with van der Waals surface area (Å²) in [6, 6.07) is 10.7. The van der Waals surface area contributed by atoms with E-state index in [-0.39, 0.29) is 36.9 Å². The molecule has 2 aromatic rings. The minimum atomic E-state index is -0.746. The maximum Gasteiger partial charge on any atom is 0.306 e. The molecule has 0 saturated heterocycles. The van der Waals surface area contributed by atoms with E-state index in [0.29, 0.717) is 48.1 Å². The Bertz CT molecular complexity index is 969. The van der Waals surface area contributed by atoms with Crippen LogP contribution in [0.4, 0.5) is 4.39 Å². The van der Waals surface area contributed by atoms with E-state index in [1.54, 1.807) is 31.2 Å². The van der Waals surface area contributed by atoms with Gasteiger partial charge in [-0.1, -0.05) is 0 Å². The largest absolute Gasteiger partial charge is 0.490 e. The summed E-state index contributed by atoms with van der Waals surface area (Å²) in [5.41, 5.74) is 1.40. The van der Waals surface area contributed by atoms with Gasteiger partial charge >= 0.3 is 5.97 Å². The van der Waals surface area contributed by atoms with Crippen LogP contribution >= 0.6 is 0 Å². The lowest BCUT2D eigenvalue weighted by Gasteiger charge is -2.26. The predicted octanol–water partition coefficient (Wildman–Crippen LogP) is 3.32. The van der Waals surface area contributed by atoms with Gasteiger partial charge in [-0.2, -0.15) is 0 Å². The molecule has 2 aromatic carbocycles. The highest BCUT2D eigenvalue weighted by molar-refractivity contribution is 5.96. The number of carbonyl (C=O) groups is 3. The van der Waals surface area contributed by atoms with E-state index < -0.39 is 11.8 Å². The van der Waals surface area contributed by atoms with Crippen LogP contribution in [0, 0.1) is 18.7 Å². The zero-order chi connectivity index (χ0) is 23.1. The number of halogens is 1. The van der Waals surface area contributed by atoms with Gasteiger partial charge in [0, 0.05) is 24.2 Å². The van der Waals surface area contributed by atoms with Gasteiger partial charge in [-0.3, -0.25) is 14.4 Å². The van der Waals surface area contributed by atoms with Gasteiger partial charge in [0.1, 0.15) is 11.6 Å². The molecular formula is C24H27FN2O5. The van der Waals surface area contributed by atoms with Crippen molar-refractivity contribution in [1.29, 1.82) is 0 Å². The van der Waals surface area contributed by atoms with Crippen LogP contribution < -0.4 is 15.4 Å². The van der Waals surface area contributed by atoms with Crippen LogP contribution in [-0.2, 0) is 4.79 Å². The molecule has 0 heterocycles. The third kappa shape index (κ3) is 6.29. The second-order valence-electron chi connectivity index (χ2n) is 7.93. The highest BCUT2D eigenvalue weighted by Gasteiger charge is 2.26. The van der Waals surface area contributed by atoms with Gasteiger partial charge in [0.2, 0.25) is 0 Å². The number of nitrogens with one attached hydrogen (secondary N) is 2. The molecule has 1 saturated carbocycles. The molecule has 8 heteroatoms. The fourth-order valence-corrected chi connectivity index (χ4v) is 3.74. The van der Waals surface area contributed by atoms with Gasteiger partial charge < -0.3 is 20.5 Å². The molecule has 1 aliphatic carbocycles. The van der Waals surface area contributed by atoms with Crippen LogP contribution in [0.25, 0.3) is 0 Å². The van der Waals surface area contributed by atoms with Crippen molar-refractivity contribution in [3.8, 4) is 5.75 Å². The van der Waals surface area contributed by atoms with E-state index in [1.165, 1.54) is 18.2 Å². The van der Waals surface area contributed by atoms with E-state index >= 15 is 0 Å². The lowest BCUT2D eigenvalue weighted by Crippen LogP contribution is -2.35. The Morgan fingerprint density at radius 1 is 0.969 bits per heavy atom. The number of amides is 2. The molecule has 7 nitrogen and oxygen atoms in total. The zero-order valence-corrected chi connectivity index (χ0v) is 17.9. The number of carbonyl (C=O) groups excluding carboxylic acids is 2. The third-order valence-corrected chi connectivity index (χ3v) is 5.57. The summed E-state index contributed by atoms with van der Waals surface area (Å²) in [6.07, 6.45) is 2.60. The van der Waals surface area contributed by atoms with E-state index in [0.717, 1.165) is 0 Å². The second kappa shape index (κ2) is 10.7. The summed E-state index contributed by atoms with van der Waals surface area (Å²) in [6.45, 7) is 2.14. The molecule has 3 N–H and O–H groups in total. The molecular weight excluding hydrogens is 415 g/mol. The first-order chi connectivity index (χ1) is 15.3. The Kier molecular flexibility index (Phi) is 7.81. The van der Waals surface area contributed by atoms with Crippen molar-refractivity contribution >= 4 is 17.8 Å². The number of benzene rings is 2. The summed E-state index contributed by atoms with van der Waals surface area (Å²) in [5, 5.41) is 14.5. The van der Waals surface area contributed by atoms with Crippen molar-refractivity contribution in [3.05, 3.63) is 65.0 Å². The Balaban J connectivity index is 1.40. The van der Waals surface area contributed by atoms with Gasteiger partial charge in [-0.15, -0.1) is 0 Å². The van der Waals surface area contributed by atoms with Crippen LogP contribution in [0.1, 0.15) is 52.0 Å². The molecule has 1 fully saturated rings. The first-order valence-electron chi connectivity index (χ1n) is 10.7. The molecule has 0 atom stereocenters. The SMILES string of the molecule is Cc1cc(F)ccc1C(=O)NCCNC(=O)c1ccc(OC2CCC(C(=O)O)CC2)cc1. The van der Waals surface area contributed by atoms with E-state index in [1.807, 2.05) is 0 Å². The van der Waals surface area contributed by atoms with Crippen LogP contribution in [0.2, 0.25) is 0 Å². The standard InChI is InChI=1S/C24H27FN2O5/c1-15-14-18(25)6-11-21(15)23(29)27-13-12-26-22(28)16-2-7-19(8-3-16)32-20-9-4-17(5-10-20)24(30)31/h2-3,6-8,11,14,17,20H,4-5,9-10,12-13H2,1H3,(H,26,28)(H,27,29)(H,30,31). The van der Waals surface area contributed by atoms with Crippen LogP contribution in [0.3, 0.4) is 0 Å². The molecule has 1 aliphatic rings. The lowest BCUT2D eigenvalue weighted by atomic mass is 9.87. The highest BCUT2D eigenvalue weighted by Crippen LogP contribution is 2.28. The maximum atomic E-state index is 13.1. The van der Waals surface area contributed by atoms with Gasteiger partial charge in [0.25, 0.3) is 11.8 Å². The molecule has 32 heavy (non-hydrogen) atoms. The van der Waals surface area contributed by atoms with Gasteiger partial charge in [0.05, 0.1) is 12.0 Å². The van der Waals surface area contributed by atoms with Crippen LogP contribution in [-0.4, -0.2) is 42.1 Å². The quantitative estimate of drug-likeness (QED) is 0.544. The minimum absolute atomic E-state index is 0.0152. The topological polar surface area (TPSA) is 105 Å². The average molecular weight is 442 g/mol. The third-order valence-electron chi connectivity index (χ3n) is 5.57. The number of aryl methyl sites for hydroxylation is 1. The number of carboxylic acids is 1. The molecule has 0 aromatic heterocycles. The zero-order valence-electron chi connectivity index (χ0n) is 17.9. The van der Waals surface area contributed by atoms with Gasteiger partial charge in [0.15, 0.2) is 0 Å². The lowest BCUT2D eigenvalue weighted by molar-refractivity contribution is -0.143. The number of hydrogen-bond donors (Lipinski definition) is 3. The molecule has 0 spiro atoms. The smallest absolute Gasteiger partial charge is 0.306 e. The first-order valence-corrected chi connectivity index (χ1v) is 10.7. The van der Waals surface area contributed by atoms with Crippen molar-refractivity contribution in [1.82, 2.24) is 10.6 Å². The van der Waals surface area contributed by atoms with E-state index in [2.05, 4.69) is 10.6 Å². The number of aliphatic carboxylic acids is 1. The number of ether oxygens (including phenoxy) is 1. The first kappa shape index (κ1) is 23.2. The fourth-order valence-electron chi connectivity index (χ4n) is 3.74. The normalized spacial score (nSPS) is 17.9. The Morgan fingerprint density at radius 2 is 1.59 bits per heavy atom. The summed E-state index contributed by atoms with van der Waals surface area (Å²) in [5.74, 6) is -1.38. The predicted molar refractivity (Wildman–Crippen MR) is 116 cm³/mol. The van der Waals surface area contributed by atoms with Crippen molar-refractivity contribution in [2.24, 2.45) is 5.92 Å². The average Bonchev–Trinajstić information content (AvgIpc) is 2.77. The van der Waals surface area contributed by atoms with E-state index in [4.69, 9.17) is 9.84 Å². The molecule has 3 rings (SSSR count). The summed E-state index contributed by atoms with van der Waals surface area (Å²) < 4.78 is 19.1. The molecule has 0 unspecified atom stereocenters. The van der Waals surface area contributed by atoms with Crippen molar-refractivity contribution in [3.63, 3.8) is 0 Å². The summed E-state index contributed by atoms with van der Waals surface area (Å²) in [4.78, 5) is 35.5. The summed E-state index contributed by atoms with van der Waals surface area (Å²) in [7, 11) is 0. The maximum absolute atomic E-state index is 13.1. The second-order valence-corrected chi connectivity index (χ2v) is 7.93. The molecule has 0 aliphatic heterocycles. The fraction of sp³-hybridized carbons (Fsp3) is 0.375. The highest BCUT2D eigenvalue weighted by atomic mass is 19.1. The van der Waals surface area contributed by atoms with Crippen molar-refractivity contribution in [2.75, 3.05) is 13.1 Å². The number of hydrogen-bond acceptors (Lipinski definition) is 4. The van der Waals surface area contributed by atoms with E-state index in [9.17, 15) is 18.8 Å². The van der Waals surface area contributed by atoms with Crippen LogP contribution in [0.15, 0.2) is 42.5 Å². The number of rotatable bonds is 8. The Hall–Kier alpha value is -3.42. The molecule has 2 amide bonds. The molecule has 0 bridgehead atoms. The minimum Gasteiger partial charge on any atom is -0.490 e. The van der Waals surface area contributed by atoms with Gasteiger partial charge in [-0.05, 0) is 80.6 Å². The Labute approximate surface area is 186 Å². The van der Waals surface area contributed by atoms with Crippen molar-refractivity contribution in [2.45, 2.75) is 38.7 Å². The molecule has 170 valence electrons.